The Kier molecular flexibility index (Phi) is 4.52. The normalized spacial score (nSPS) is 13.2. The molecule has 0 aliphatic heterocycles. The molecule has 0 spiro atoms. The fourth-order valence-electron chi connectivity index (χ4n) is 1.43. The summed E-state index contributed by atoms with van der Waals surface area (Å²) in [6, 6.07) is 0.283. The molecular formula is C11H22N4O2S. The van der Waals surface area contributed by atoms with Crippen molar-refractivity contribution in [1.82, 2.24) is 20.2 Å². The van der Waals surface area contributed by atoms with Gasteiger partial charge in [-0.05, 0) is 20.8 Å². The van der Waals surface area contributed by atoms with Gasteiger partial charge < -0.3 is 5.32 Å². The molecule has 104 valence electrons. The van der Waals surface area contributed by atoms with E-state index in [1.165, 1.54) is 6.20 Å². The van der Waals surface area contributed by atoms with Crippen LogP contribution in [0.1, 0.15) is 40.2 Å². The van der Waals surface area contributed by atoms with E-state index in [-0.39, 0.29) is 11.1 Å². The molecule has 0 radical (unpaired) electrons. The van der Waals surface area contributed by atoms with Crippen LogP contribution < -0.4 is 10.0 Å². The number of aromatic amines is 1. The van der Waals surface area contributed by atoms with Gasteiger partial charge in [-0.15, -0.1) is 0 Å². The van der Waals surface area contributed by atoms with Gasteiger partial charge in [0.1, 0.15) is 0 Å². The fraction of sp³-hybridized carbons (Fsp3) is 0.727. The molecule has 0 atom stereocenters. The Balaban J connectivity index is 2.93. The minimum absolute atomic E-state index is 0.130. The van der Waals surface area contributed by atoms with Gasteiger partial charge in [0, 0.05) is 23.7 Å². The van der Waals surface area contributed by atoms with E-state index in [2.05, 4.69) is 20.2 Å². The van der Waals surface area contributed by atoms with E-state index in [0.717, 1.165) is 0 Å². The molecule has 0 aromatic carbocycles. The maximum Gasteiger partial charge on any atom is 0.258 e. The summed E-state index contributed by atoms with van der Waals surface area (Å²) in [4.78, 5) is 0. The van der Waals surface area contributed by atoms with Crippen LogP contribution >= 0.6 is 0 Å². The average Bonchev–Trinajstić information content (AvgIpc) is 2.58. The van der Waals surface area contributed by atoms with Gasteiger partial charge in [-0.25, -0.2) is 13.1 Å². The van der Waals surface area contributed by atoms with Gasteiger partial charge >= 0.3 is 0 Å². The van der Waals surface area contributed by atoms with E-state index >= 15 is 0 Å². The molecule has 0 bridgehead atoms. The number of hydrogen-bond acceptors (Lipinski definition) is 4. The van der Waals surface area contributed by atoms with E-state index in [1.54, 1.807) is 20.8 Å². The third kappa shape index (κ3) is 4.40. The van der Waals surface area contributed by atoms with Crippen molar-refractivity contribution in [1.29, 1.82) is 0 Å². The average molecular weight is 274 g/mol. The molecule has 0 unspecified atom stereocenters. The molecule has 0 fully saturated rings. The maximum absolute atomic E-state index is 12.2. The molecule has 18 heavy (non-hydrogen) atoms. The van der Waals surface area contributed by atoms with E-state index in [0.29, 0.717) is 12.1 Å². The van der Waals surface area contributed by atoms with E-state index in [1.807, 2.05) is 13.8 Å². The van der Waals surface area contributed by atoms with Gasteiger partial charge in [0.2, 0.25) is 0 Å². The van der Waals surface area contributed by atoms with Crippen molar-refractivity contribution in [3.63, 3.8) is 0 Å². The zero-order chi connectivity index (χ0) is 14.0. The van der Waals surface area contributed by atoms with Gasteiger partial charge in [0.25, 0.3) is 10.0 Å². The first-order valence-corrected chi connectivity index (χ1v) is 7.40. The first kappa shape index (κ1) is 15.1. The quantitative estimate of drug-likeness (QED) is 0.747. The first-order valence-electron chi connectivity index (χ1n) is 5.91. The van der Waals surface area contributed by atoms with Gasteiger partial charge in [-0.2, -0.15) is 5.10 Å². The summed E-state index contributed by atoms with van der Waals surface area (Å²) >= 11 is 0. The summed E-state index contributed by atoms with van der Waals surface area (Å²) in [6.45, 7) is 9.87. The number of aromatic nitrogens is 2. The van der Waals surface area contributed by atoms with Crippen molar-refractivity contribution in [3.05, 3.63) is 11.8 Å². The van der Waals surface area contributed by atoms with Crippen LogP contribution in [-0.2, 0) is 16.6 Å². The van der Waals surface area contributed by atoms with Crippen molar-refractivity contribution < 1.29 is 8.42 Å². The Labute approximate surface area is 109 Å². The van der Waals surface area contributed by atoms with Crippen LogP contribution in [0.2, 0.25) is 0 Å². The number of sulfonamides is 1. The number of nitrogens with zero attached hydrogens (tertiary/aromatic N) is 1. The number of H-pyrrole nitrogens is 1. The van der Waals surface area contributed by atoms with Crippen LogP contribution in [0.4, 0.5) is 0 Å². The summed E-state index contributed by atoms with van der Waals surface area (Å²) in [6.07, 6.45) is 1.53. The van der Waals surface area contributed by atoms with Crippen LogP contribution in [0.25, 0.3) is 0 Å². The molecule has 0 saturated heterocycles. The Morgan fingerprint density at radius 2 is 2.00 bits per heavy atom. The van der Waals surface area contributed by atoms with Crippen molar-refractivity contribution in [2.75, 3.05) is 0 Å². The SMILES string of the molecule is CC(C)NCc1cn[nH]c1S(=O)(=O)NC(C)(C)C. The standard InChI is InChI=1S/C11H22N4O2S/c1-8(2)12-6-9-7-13-14-10(9)18(16,17)15-11(3,4)5/h7-8,12,15H,6H2,1-5H3,(H,13,14). The number of nitrogens with one attached hydrogen (secondary N) is 3. The number of hydrogen-bond donors (Lipinski definition) is 3. The molecule has 6 nitrogen and oxygen atoms in total. The largest absolute Gasteiger partial charge is 0.310 e. The van der Waals surface area contributed by atoms with Crippen LogP contribution in [0.5, 0.6) is 0 Å². The number of rotatable bonds is 5. The summed E-state index contributed by atoms with van der Waals surface area (Å²) in [5.74, 6) is 0. The van der Waals surface area contributed by atoms with Crippen LogP contribution in [0, 0.1) is 0 Å². The second kappa shape index (κ2) is 5.38. The smallest absolute Gasteiger partial charge is 0.258 e. The molecule has 1 rings (SSSR count). The van der Waals surface area contributed by atoms with E-state index in [4.69, 9.17) is 0 Å². The predicted octanol–water partition coefficient (Wildman–Crippen LogP) is 0.985. The lowest BCUT2D eigenvalue weighted by Crippen LogP contribution is -2.41. The Morgan fingerprint density at radius 3 is 2.50 bits per heavy atom. The summed E-state index contributed by atoms with van der Waals surface area (Å²) in [5, 5.41) is 9.67. The molecule has 1 aromatic rings. The third-order valence-electron chi connectivity index (χ3n) is 2.09. The molecule has 0 aliphatic rings. The molecule has 1 heterocycles. The molecule has 0 saturated carbocycles. The molecule has 1 aromatic heterocycles. The summed E-state index contributed by atoms with van der Waals surface area (Å²) in [5.41, 5.74) is 0.118. The second-order valence-corrected chi connectivity index (χ2v) is 7.23. The zero-order valence-corrected chi connectivity index (χ0v) is 12.4. The topological polar surface area (TPSA) is 86.9 Å². The van der Waals surface area contributed by atoms with Gasteiger partial charge in [-0.1, -0.05) is 13.8 Å². The minimum atomic E-state index is -3.56. The van der Waals surface area contributed by atoms with Crippen LogP contribution in [0.15, 0.2) is 11.2 Å². The summed E-state index contributed by atoms with van der Waals surface area (Å²) in [7, 11) is -3.56. The van der Waals surface area contributed by atoms with E-state index in [9.17, 15) is 8.42 Å². The first-order chi connectivity index (χ1) is 8.12. The van der Waals surface area contributed by atoms with E-state index < -0.39 is 15.6 Å². The lowest BCUT2D eigenvalue weighted by molar-refractivity contribution is 0.488. The lowest BCUT2D eigenvalue weighted by Gasteiger charge is -2.20. The highest BCUT2D eigenvalue weighted by atomic mass is 32.2. The van der Waals surface area contributed by atoms with Crippen molar-refractivity contribution in [2.24, 2.45) is 0 Å². The lowest BCUT2D eigenvalue weighted by atomic mass is 10.1. The van der Waals surface area contributed by atoms with Crippen LogP contribution in [-0.4, -0.2) is 30.2 Å². The fourth-order valence-corrected chi connectivity index (χ4v) is 2.98. The Morgan fingerprint density at radius 1 is 1.39 bits per heavy atom. The molecule has 0 amide bonds. The molecular weight excluding hydrogens is 252 g/mol. The highest BCUT2D eigenvalue weighted by molar-refractivity contribution is 7.89. The van der Waals surface area contributed by atoms with Crippen LogP contribution in [0.3, 0.4) is 0 Å². The molecule has 7 heteroatoms. The van der Waals surface area contributed by atoms with Crippen molar-refractivity contribution in [3.8, 4) is 0 Å². The maximum atomic E-state index is 12.2. The monoisotopic (exact) mass is 274 g/mol. The second-order valence-electron chi connectivity index (χ2n) is 5.62. The highest BCUT2D eigenvalue weighted by Gasteiger charge is 2.25. The highest BCUT2D eigenvalue weighted by Crippen LogP contribution is 2.14. The van der Waals surface area contributed by atoms with Gasteiger partial charge in [0.05, 0.1) is 6.20 Å². The molecule has 0 aliphatic carbocycles. The Hall–Kier alpha value is -0.920. The third-order valence-corrected chi connectivity index (χ3v) is 3.86. The van der Waals surface area contributed by atoms with Crippen molar-refractivity contribution in [2.45, 2.75) is 57.8 Å². The van der Waals surface area contributed by atoms with Gasteiger partial charge in [0.15, 0.2) is 5.03 Å². The zero-order valence-electron chi connectivity index (χ0n) is 11.5. The summed E-state index contributed by atoms with van der Waals surface area (Å²) < 4.78 is 26.9. The Bertz CT molecular complexity index is 485. The molecule has 3 N–H and O–H groups in total. The van der Waals surface area contributed by atoms with Crippen molar-refractivity contribution >= 4 is 10.0 Å². The predicted molar refractivity (Wildman–Crippen MR) is 70.6 cm³/mol. The van der Waals surface area contributed by atoms with Gasteiger partial charge in [-0.3, -0.25) is 5.10 Å². The minimum Gasteiger partial charge on any atom is -0.310 e.